The van der Waals surface area contributed by atoms with Crippen LogP contribution in [0, 0.1) is 0 Å². The number of halogens is 3. The largest absolute Gasteiger partial charge is 0.525 e. The average Bonchev–Trinajstić information content (AvgIpc) is 3.04. The SMILES string of the molecule is O=C1NC(=O)C(Cc2cc3ccccc3nc2OC(OC(F)(F)F)c2ccccc2)S1. The van der Waals surface area contributed by atoms with Gasteiger partial charge in [-0.3, -0.25) is 14.9 Å². The summed E-state index contributed by atoms with van der Waals surface area (Å²) >= 11 is 0.814. The van der Waals surface area contributed by atoms with Crippen molar-refractivity contribution in [3.05, 3.63) is 71.8 Å². The normalized spacial score (nSPS) is 17.6. The average molecular weight is 448 g/mol. The quantitative estimate of drug-likeness (QED) is 0.549. The number of para-hydroxylation sites is 1. The van der Waals surface area contributed by atoms with Gasteiger partial charge >= 0.3 is 6.36 Å². The van der Waals surface area contributed by atoms with E-state index in [4.69, 9.17) is 4.74 Å². The van der Waals surface area contributed by atoms with Crippen LogP contribution >= 0.6 is 11.8 Å². The number of ether oxygens (including phenoxy) is 2. The fraction of sp³-hybridized carbons (Fsp3) is 0.190. The van der Waals surface area contributed by atoms with Gasteiger partial charge in [0.05, 0.1) is 10.8 Å². The Bertz CT molecular complexity index is 1120. The molecule has 2 amide bonds. The summed E-state index contributed by atoms with van der Waals surface area (Å²) in [6, 6.07) is 16.3. The van der Waals surface area contributed by atoms with Gasteiger partial charge in [0.15, 0.2) is 0 Å². The van der Waals surface area contributed by atoms with Crippen LogP contribution < -0.4 is 10.1 Å². The molecule has 160 valence electrons. The Morgan fingerprint density at radius 2 is 1.77 bits per heavy atom. The van der Waals surface area contributed by atoms with Crippen molar-refractivity contribution >= 4 is 33.8 Å². The number of rotatable bonds is 6. The third-order valence-electron chi connectivity index (χ3n) is 4.47. The summed E-state index contributed by atoms with van der Waals surface area (Å²) in [5.74, 6) is -0.579. The number of aromatic nitrogens is 1. The topological polar surface area (TPSA) is 77.5 Å². The van der Waals surface area contributed by atoms with Crippen molar-refractivity contribution in [3.63, 3.8) is 0 Å². The lowest BCUT2D eigenvalue weighted by Crippen LogP contribution is -2.26. The molecule has 31 heavy (non-hydrogen) atoms. The number of thioether (sulfide) groups is 1. The maximum Gasteiger partial charge on any atom is 0.525 e. The fourth-order valence-electron chi connectivity index (χ4n) is 3.11. The summed E-state index contributed by atoms with van der Waals surface area (Å²) in [6.07, 6.45) is -6.71. The zero-order chi connectivity index (χ0) is 22.0. The molecule has 1 aliphatic heterocycles. The lowest BCUT2D eigenvalue weighted by Gasteiger charge is -2.22. The number of benzene rings is 2. The summed E-state index contributed by atoms with van der Waals surface area (Å²) in [5.41, 5.74) is 1.02. The van der Waals surface area contributed by atoms with Crippen LogP contribution in [0.5, 0.6) is 5.88 Å². The number of amides is 2. The molecule has 1 fully saturated rings. The maximum atomic E-state index is 13.1. The van der Waals surface area contributed by atoms with E-state index in [0.29, 0.717) is 16.5 Å². The zero-order valence-electron chi connectivity index (χ0n) is 15.8. The van der Waals surface area contributed by atoms with Crippen LogP contribution in [0.4, 0.5) is 18.0 Å². The summed E-state index contributed by atoms with van der Waals surface area (Å²) in [5, 5.41) is 1.69. The molecule has 0 spiro atoms. The van der Waals surface area contributed by atoms with E-state index < -0.39 is 29.0 Å². The van der Waals surface area contributed by atoms with Crippen molar-refractivity contribution in [2.45, 2.75) is 24.3 Å². The van der Waals surface area contributed by atoms with Gasteiger partial charge in [-0.05, 0) is 18.6 Å². The smallest absolute Gasteiger partial charge is 0.443 e. The molecule has 2 aromatic carbocycles. The highest BCUT2D eigenvalue weighted by Gasteiger charge is 2.37. The Hall–Kier alpha value is -3.11. The Morgan fingerprint density at radius 1 is 1.06 bits per heavy atom. The summed E-state index contributed by atoms with van der Waals surface area (Å²) in [6.45, 7) is 0. The molecule has 0 saturated carbocycles. The number of nitrogens with zero attached hydrogens (tertiary/aromatic N) is 1. The number of imide groups is 1. The van der Waals surface area contributed by atoms with Gasteiger partial charge in [0, 0.05) is 16.5 Å². The van der Waals surface area contributed by atoms with Crippen LogP contribution in [0.2, 0.25) is 0 Å². The minimum atomic E-state index is -4.95. The lowest BCUT2D eigenvalue weighted by molar-refractivity contribution is -0.370. The van der Waals surface area contributed by atoms with E-state index in [1.165, 1.54) is 12.1 Å². The molecule has 6 nitrogen and oxygen atoms in total. The number of alkyl halides is 3. The van der Waals surface area contributed by atoms with Crippen molar-refractivity contribution in [3.8, 4) is 5.88 Å². The van der Waals surface area contributed by atoms with E-state index in [0.717, 1.165) is 11.8 Å². The van der Waals surface area contributed by atoms with Gasteiger partial charge in [0.2, 0.25) is 18.1 Å². The number of pyridine rings is 1. The molecule has 4 rings (SSSR count). The van der Waals surface area contributed by atoms with Gasteiger partial charge < -0.3 is 4.74 Å². The highest BCUT2D eigenvalue weighted by Crippen LogP contribution is 2.34. The summed E-state index contributed by atoms with van der Waals surface area (Å²) in [7, 11) is 0. The molecular weight excluding hydrogens is 433 g/mol. The van der Waals surface area contributed by atoms with E-state index in [9.17, 15) is 22.8 Å². The Kier molecular flexibility index (Phi) is 5.84. The van der Waals surface area contributed by atoms with Crippen LogP contribution in [0.3, 0.4) is 0 Å². The van der Waals surface area contributed by atoms with E-state index in [-0.39, 0.29) is 17.9 Å². The minimum Gasteiger partial charge on any atom is -0.443 e. The molecule has 10 heteroatoms. The first kappa shape index (κ1) is 21.1. The highest BCUT2D eigenvalue weighted by molar-refractivity contribution is 8.15. The molecule has 2 heterocycles. The lowest BCUT2D eigenvalue weighted by atomic mass is 10.1. The number of carbonyl (C=O) groups excluding carboxylic acids is 2. The third-order valence-corrected chi connectivity index (χ3v) is 5.45. The first-order valence-corrected chi connectivity index (χ1v) is 10.0. The zero-order valence-corrected chi connectivity index (χ0v) is 16.6. The number of carbonyl (C=O) groups is 2. The summed E-state index contributed by atoms with van der Waals surface area (Å²) in [4.78, 5) is 27.9. The van der Waals surface area contributed by atoms with Crippen LogP contribution in [0.25, 0.3) is 10.9 Å². The molecule has 0 bridgehead atoms. The van der Waals surface area contributed by atoms with Gasteiger partial charge in [-0.25, -0.2) is 9.72 Å². The third kappa shape index (κ3) is 5.15. The van der Waals surface area contributed by atoms with Crippen LogP contribution in [-0.2, 0) is 16.0 Å². The summed E-state index contributed by atoms with van der Waals surface area (Å²) < 4.78 is 49.0. The molecule has 2 atom stereocenters. The minimum absolute atomic E-state index is 0.0446. The second-order valence-electron chi connectivity index (χ2n) is 6.66. The van der Waals surface area contributed by atoms with Crippen LogP contribution in [0.15, 0.2) is 60.7 Å². The number of nitrogens with one attached hydrogen (secondary N) is 1. The van der Waals surface area contributed by atoms with Crippen LogP contribution in [-0.4, -0.2) is 27.7 Å². The Balaban J connectivity index is 1.73. The van der Waals surface area contributed by atoms with Crippen molar-refractivity contribution < 1.29 is 32.2 Å². The number of fused-ring (bicyclic) bond motifs is 1. The molecule has 1 aromatic heterocycles. The van der Waals surface area contributed by atoms with E-state index in [1.807, 2.05) is 0 Å². The second-order valence-corrected chi connectivity index (χ2v) is 7.83. The van der Waals surface area contributed by atoms with E-state index >= 15 is 0 Å². The maximum absolute atomic E-state index is 13.1. The van der Waals surface area contributed by atoms with Crippen molar-refractivity contribution in [1.29, 1.82) is 0 Å². The van der Waals surface area contributed by atoms with Crippen LogP contribution in [0.1, 0.15) is 17.4 Å². The molecule has 1 aliphatic rings. The molecule has 0 radical (unpaired) electrons. The molecule has 1 N–H and O–H groups in total. The van der Waals surface area contributed by atoms with Crippen molar-refractivity contribution in [2.75, 3.05) is 0 Å². The Labute approximate surface area is 178 Å². The fourth-order valence-corrected chi connectivity index (χ4v) is 3.96. The highest BCUT2D eigenvalue weighted by atomic mass is 32.2. The number of hydrogen-bond donors (Lipinski definition) is 1. The van der Waals surface area contributed by atoms with Crippen molar-refractivity contribution in [2.24, 2.45) is 0 Å². The van der Waals surface area contributed by atoms with E-state index in [2.05, 4.69) is 15.0 Å². The predicted molar refractivity (Wildman–Crippen MR) is 107 cm³/mol. The van der Waals surface area contributed by atoms with Gasteiger partial charge in [-0.1, -0.05) is 60.3 Å². The molecule has 3 aromatic rings. The Morgan fingerprint density at radius 3 is 2.45 bits per heavy atom. The molecule has 1 saturated heterocycles. The molecular formula is C21H15F3N2O4S. The van der Waals surface area contributed by atoms with Gasteiger partial charge in [-0.2, -0.15) is 0 Å². The van der Waals surface area contributed by atoms with Gasteiger partial charge in [-0.15, -0.1) is 13.2 Å². The van der Waals surface area contributed by atoms with Gasteiger partial charge in [0.25, 0.3) is 5.24 Å². The molecule has 0 aliphatic carbocycles. The first-order chi connectivity index (χ1) is 14.8. The van der Waals surface area contributed by atoms with E-state index in [1.54, 1.807) is 48.5 Å². The second kappa shape index (κ2) is 8.56. The predicted octanol–water partition coefficient (Wildman–Crippen LogP) is 4.74. The van der Waals surface area contributed by atoms with Crippen molar-refractivity contribution in [1.82, 2.24) is 10.3 Å². The molecule has 2 unspecified atom stereocenters. The standard InChI is InChI=1S/C21H15F3N2O4S/c22-21(23,24)30-19(12-6-2-1-3-7-12)29-18-14(11-16-17(27)26-20(28)31-16)10-13-8-4-5-9-15(13)25-18/h1-10,16,19H,11H2,(H,26,27,28). The first-order valence-electron chi connectivity index (χ1n) is 9.15. The van der Waals surface area contributed by atoms with Gasteiger partial charge in [0.1, 0.15) is 0 Å². The monoisotopic (exact) mass is 448 g/mol. The number of hydrogen-bond acceptors (Lipinski definition) is 6.